The first-order valence-electron chi connectivity index (χ1n) is 8.51. The molecule has 134 valence electrons. The standard InChI is InChI=1S/C18H30N4O2/c1-5-14(3)22-17(23)16-9-7-8-15(12-16)13-21-18(19-6-2)20-10-11-24-4/h7-9,12,14H,5-6,10-11,13H2,1-4H3,(H,22,23)(H2,19,20,21). The van der Waals surface area contributed by atoms with E-state index < -0.39 is 0 Å². The van der Waals surface area contributed by atoms with Gasteiger partial charge in [-0.15, -0.1) is 0 Å². The van der Waals surface area contributed by atoms with Gasteiger partial charge in [0.05, 0.1) is 13.2 Å². The minimum absolute atomic E-state index is 0.0414. The van der Waals surface area contributed by atoms with Crippen molar-refractivity contribution in [2.45, 2.75) is 39.8 Å². The van der Waals surface area contributed by atoms with E-state index in [-0.39, 0.29) is 11.9 Å². The number of nitrogens with zero attached hydrogens (tertiary/aromatic N) is 1. The molecule has 1 amide bonds. The molecule has 0 saturated heterocycles. The third kappa shape index (κ3) is 7.46. The number of carbonyl (C=O) groups excluding carboxylic acids is 1. The van der Waals surface area contributed by atoms with Crippen LogP contribution < -0.4 is 16.0 Å². The fraction of sp³-hybridized carbons (Fsp3) is 0.556. The zero-order valence-electron chi connectivity index (χ0n) is 15.2. The predicted octanol–water partition coefficient (Wildman–Crippen LogP) is 1.92. The highest BCUT2D eigenvalue weighted by molar-refractivity contribution is 5.94. The van der Waals surface area contributed by atoms with E-state index in [0.717, 1.165) is 24.5 Å². The quantitative estimate of drug-likeness (QED) is 0.366. The van der Waals surface area contributed by atoms with Gasteiger partial charge in [0, 0.05) is 31.8 Å². The molecule has 0 radical (unpaired) electrons. The van der Waals surface area contributed by atoms with E-state index in [0.29, 0.717) is 25.3 Å². The number of aliphatic imine (C=N–C) groups is 1. The van der Waals surface area contributed by atoms with Crippen molar-refractivity contribution in [1.29, 1.82) is 0 Å². The second-order valence-electron chi connectivity index (χ2n) is 5.60. The molecule has 1 atom stereocenters. The second kappa shape index (κ2) is 11.5. The van der Waals surface area contributed by atoms with Crippen molar-refractivity contribution in [1.82, 2.24) is 16.0 Å². The molecule has 0 aliphatic rings. The second-order valence-corrected chi connectivity index (χ2v) is 5.60. The zero-order chi connectivity index (χ0) is 17.8. The number of hydrogen-bond acceptors (Lipinski definition) is 3. The molecule has 0 aromatic heterocycles. The van der Waals surface area contributed by atoms with Crippen LogP contribution >= 0.6 is 0 Å². The maximum absolute atomic E-state index is 12.2. The maximum Gasteiger partial charge on any atom is 0.251 e. The molecule has 0 fully saturated rings. The molecule has 1 unspecified atom stereocenters. The number of amides is 1. The normalized spacial score (nSPS) is 12.6. The summed E-state index contributed by atoms with van der Waals surface area (Å²) in [6.07, 6.45) is 0.912. The van der Waals surface area contributed by atoms with Crippen LogP contribution in [0.2, 0.25) is 0 Å². The molecule has 24 heavy (non-hydrogen) atoms. The molecule has 6 nitrogen and oxygen atoms in total. The summed E-state index contributed by atoms with van der Waals surface area (Å²) < 4.78 is 5.03. The number of ether oxygens (including phenoxy) is 1. The Labute approximate surface area is 145 Å². The minimum atomic E-state index is -0.0414. The highest BCUT2D eigenvalue weighted by Gasteiger charge is 2.08. The molecule has 1 aromatic carbocycles. The number of guanidine groups is 1. The number of nitrogens with one attached hydrogen (secondary N) is 3. The van der Waals surface area contributed by atoms with Gasteiger partial charge in [0.15, 0.2) is 5.96 Å². The van der Waals surface area contributed by atoms with Crippen LogP contribution in [-0.4, -0.2) is 44.7 Å². The van der Waals surface area contributed by atoms with E-state index in [9.17, 15) is 4.79 Å². The Bertz CT molecular complexity index is 532. The first kappa shape index (κ1) is 20.0. The van der Waals surface area contributed by atoms with Crippen LogP contribution in [0.15, 0.2) is 29.3 Å². The first-order chi connectivity index (χ1) is 11.6. The molecule has 3 N–H and O–H groups in total. The van der Waals surface area contributed by atoms with Gasteiger partial charge in [0.2, 0.25) is 0 Å². The van der Waals surface area contributed by atoms with Crippen LogP contribution in [0.4, 0.5) is 0 Å². The van der Waals surface area contributed by atoms with Gasteiger partial charge >= 0.3 is 0 Å². The molecule has 0 aliphatic carbocycles. The van der Waals surface area contributed by atoms with E-state index in [2.05, 4.69) is 27.9 Å². The predicted molar refractivity (Wildman–Crippen MR) is 98.4 cm³/mol. The summed E-state index contributed by atoms with van der Waals surface area (Å²) in [6, 6.07) is 7.75. The summed E-state index contributed by atoms with van der Waals surface area (Å²) in [5.74, 6) is 0.698. The fourth-order valence-corrected chi connectivity index (χ4v) is 2.00. The molecule has 0 heterocycles. The first-order valence-corrected chi connectivity index (χ1v) is 8.51. The van der Waals surface area contributed by atoms with Gasteiger partial charge in [0.1, 0.15) is 0 Å². The molecule has 0 aliphatic heterocycles. The Hall–Kier alpha value is -2.08. The van der Waals surface area contributed by atoms with Crippen LogP contribution in [0, 0.1) is 0 Å². The molecular weight excluding hydrogens is 304 g/mol. The van der Waals surface area contributed by atoms with Gasteiger partial charge in [-0.25, -0.2) is 4.99 Å². The minimum Gasteiger partial charge on any atom is -0.383 e. The highest BCUT2D eigenvalue weighted by atomic mass is 16.5. The van der Waals surface area contributed by atoms with E-state index in [1.807, 2.05) is 38.1 Å². The van der Waals surface area contributed by atoms with Crippen molar-refractivity contribution in [3.63, 3.8) is 0 Å². The van der Waals surface area contributed by atoms with Crippen molar-refractivity contribution in [2.24, 2.45) is 4.99 Å². The van der Waals surface area contributed by atoms with Crippen LogP contribution in [0.1, 0.15) is 43.1 Å². The fourth-order valence-electron chi connectivity index (χ4n) is 2.00. The lowest BCUT2D eigenvalue weighted by Gasteiger charge is -2.12. The van der Waals surface area contributed by atoms with Crippen molar-refractivity contribution < 1.29 is 9.53 Å². The van der Waals surface area contributed by atoms with Gasteiger partial charge < -0.3 is 20.7 Å². The average molecular weight is 334 g/mol. The SMILES string of the molecule is CCNC(=NCc1cccc(C(=O)NC(C)CC)c1)NCCOC. The van der Waals surface area contributed by atoms with Gasteiger partial charge in [-0.1, -0.05) is 19.1 Å². The van der Waals surface area contributed by atoms with Gasteiger partial charge in [-0.2, -0.15) is 0 Å². The van der Waals surface area contributed by atoms with Gasteiger partial charge in [0.25, 0.3) is 5.91 Å². The number of hydrogen-bond donors (Lipinski definition) is 3. The molecular formula is C18H30N4O2. The number of methoxy groups -OCH3 is 1. The topological polar surface area (TPSA) is 74.8 Å². The van der Waals surface area contributed by atoms with Crippen LogP contribution in [0.5, 0.6) is 0 Å². The average Bonchev–Trinajstić information content (AvgIpc) is 2.60. The third-order valence-corrected chi connectivity index (χ3v) is 3.54. The third-order valence-electron chi connectivity index (χ3n) is 3.54. The summed E-state index contributed by atoms with van der Waals surface area (Å²) >= 11 is 0. The summed E-state index contributed by atoms with van der Waals surface area (Å²) in [6.45, 7) is 8.68. The summed E-state index contributed by atoms with van der Waals surface area (Å²) in [4.78, 5) is 16.7. The van der Waals surface area contributed by atoms with Crippen molar-refractivity contribution in [3.05, 3.63) is 35.4 Å². The zero-order valence-corrected chi connectivity index (χ0v) is 15.2. The van der Waals surface area contributed by atoms with Crippen molar-refractivity contribution in [3.8, 4) is 0 Å². The van der Waals surface area contributed by atoms with Crippen LogP contribution in [0.25, 0.3) is 0 Å². The molecule has 1 aromatic rings. The molecule has 0 bridgehead atoms. The van der Waals surface area contributed by atoms with Gasteiger partial charge in [-0.3, -0.25) is 4.79 Å². The lowest BCUT2D eigenvalue weighted by Crippen LogP contribution is -2.38. The van der Waals surface area contributed by atoms with Crippen LogP contribution in [0.3, 0.4) is 0 Å². The summed E-state index contributed by atoms with van der Waals surface area (Å²) in [7, 11) is 1.67. The Balaban J connectivity index is 2.70. The Morgan fingerprint density at radius 3 is 2.75 bits per heavy atom. The van der Waals surface area contributed by atoms with Crippen molar-refractivity contribution >= 4 is 11.9 Å². The summed E-state index contributed by atoms with van der Waals surface area (Å²) in [5.41, 5.74) is 1.66. The maximum atomic E-state index is 12.2. The highest BCUT2D eigenvalue weighted by Crippen LogP contribution is 2.07. The number of rotatable bonds is 9. The largest absolute Gasteiger partial charge is 0.383 e. The van der Waals surface area contributed by atoms with E-state index in [1.165, 1.54) is 0 Å². The lowest BCUT2D eigenvalue weighted by molar-refractivity contribution is 0.0939. The Kier molecular flexibility index (Phi) is 9.53. The van der Waals surface area contributed by atoms with E-state index in [4.69, 9.17) is 4.74 Å². The summed E-state index contributed by atoms with van der Waals surface area (Å²) in [5, 5.41) is 9.36. The van der Waals surface area contributed by atoms with Crippen molar-refractivity contribution in [2.75, 3.05) is 26.8 Å². The molecule has 0 spiro atoms. The van der Waals surface area contributed by atoms with E-state index >= 15 is 0 Å². The monoisotopic (exact) mass is 334 g/mol. The van der Waals surface area contributed by atoms with E-state index in [1.54, 1.807) is 7.11 Å². The molecule has 0 saturated carbocycles. The smallest absolute Gasteiger partial charge is 0.251 e. The molecule has 1 rings (SSSR count). The lowest BCUT2D eigenvalue weighted by atomic mass is 10.1. The van der Waals surface area contributed by atoms with Crippen LogP contribution in [-0.2, 0) is 11.3 Å². The van der Waals surface area contributed by atoms with Gasteiger partial charge in [-0.05, 0) is 38.0 Å². The number of carbonyl (C=O) groups is 1. The Morgan fingerprint density at radius 2 is 2.08 bits per heavy atom. The Morgan fingerprint density at radius 1 is 1.29 bits per heavy atom. The molecule has 6 heteroatoms. The number of benzene rings is 1.